The average Bonchev–Trinajstić information content (AvgIpc) is 2.57. The Labute approximate surface area is 140 Å². The van der Waals surface area contributed by atoms with Gasteiger partial charge in [0.05, 0.1) is 10.7 Å². The van der Waals surface area contributed by atoms with Crippen molar-refractivity contribution >= 4 is 43.4 Å². The summed E-state index contributed by atoms with van der Waals surface area (Å²) in [4.78, 5) is 25.5. The topological polar surface area (TPSA) is 34.1 Å². The third-order valence-electron chi connectivity index (χ3n) is 3.49. The first kappa shape index (κ1) is 16.1. The maximum Gasteiger partial charge on any atom is 0.165 e. The van der Waals surface area contributed by atoms with Gasteiger partial charge in [-0.05, 0) is 11.1 Å². The van der Waals surface area contributed by atoms with Crippen LogP contribution in [-0.4, -0.2) is 22.2 Å². The number of carbonyl (C=O) groups excluding carboxylic acids is 2. The normalized spacial score (nSPS) is 11.1. The van der Waals surface area contributed by atoms with Crippen molar-refractivity contribution in [1.29, 1.82) is 0 Å². The molecule has 0 saturated carbocycles. The number of hydrogen-bond acceptors (Lipinski definition) is 2. The maximum atomic E-state index is 12.7. The molecule has 2 aromatic rings. The van der Waals surface area contributed by atoms with Gasteiger partial charge in [-0.3, -0.25) is 9.59 Å². The van der Waals surface area contributed by atoms with Crippen LogP contribution in [0.3, 0.4) is 0 Å². The highest BCUT2D eigenvalue weighted by Crippen LogP contribution is 2.35. The summed E-state index contributed by atoms with van der Waals surface area (Å²) in [5.41, 5.74) is 0.130. The maximum absolute atomic E-state index is 12.7. The molecule has 0 amide bonds. The summed E-state index contributed by atoms with van der Waals surface area (Å²) in [6.45, 7) is 0. The van der Waals surface area contributed by atoms with Crippen LogP contribution in [0.5, 0.6) is 0 Å². The van der Waals surface area contributed by atoms with E-state index < -0.39 is 5.41 Å². The summed E-state index contributed by atoms with van der Waals surface area (Å²) < 4.78 is 0. The summed E-state index contributed by atoms with van der Waals surface area (Å²) in [7, 11) is 0. The van der Waals surface area contributed by atoms with E-state index >= 15 is 0 Å². The first-order valence-electron chi connectivity index (χ1n) is 6.47. The summed E-state index contributed by atoms with van der Waals surface area (Å²) in [6.07, 6.45) is 0. The van der Waals surface area contributed by atoms with Crippen molar-refractivity contribution in [1.82, 2.24) is 0 Å². The second kappa shape index (κ2) is 7.14. The summed E-state index contributed by atoms with van der Waals surface area (Å²) >= 11 is 6.45. The van der Waals surface area contributed by atoms with Gasteiger partial charge in [-0.2, -0.15) is 0 Å². The second-order valence-electron chi connectivity index (χ2n) is 4.60. The van der Waals surface area contributed by atoms with Gasteiger partial charge in [0.2, 0.25) is 0 Å². The van der Waals surface area contributed by atoms with E-state index in [0.717, 1.165) is 0 Å². The molecule has 0 aliphatic heterocycles. The van der Waals surface area contributed by atoms with E-state index in [-0.39, 0.29) is 22.2 Å². The average molecular weight is 410 g/mol. The smallest absolute Gasteiger partial charge is 0.165 e. The molecule has 0 unspecified atom stereocenters. The zero-order valence-corrected chi connectivity index (χ0v) is 14.4. The molecule has 0 fully saturated rings. The van der Waals surface area contributed by atoms with Gasteiger partial charge in [-0.25, -0.2) is 0 Å². The van der Waals surface area contributed by atoms with Crippen molar-refractivity contribution < 1.29 is 9.59 Å². The van der Waals surface area contributed by atoms with Crippen LogP contribution >= 0.6 is 31.9 Å². The second-order valence-corrected chi connectivity index (χ2v) is 5.72. The van der Waals surface area contributed by atoms with Crippen LogP contribution in [0, 0.1) is 0 Å². The van der Waals surface area contributed by atoms with E-state index in [1.807, 2.05) is 60.7 Å². The Bertz CT molecular complexity index is 566. The molecule has 0 aliphatic carbocycles. The fourth-order valence-electron chi connectivity index (χ4n) is 2.54. The number of rotatable bonds is 6. The summed E-state index contributed by atoms with van der Waals surface area (Å²) in [6, 6.07) is 18.4. The molecule has 0 saturated heterocycles. The minimum atomic E-state index is -1.27. The predicted molar refractivity (Wildman–Crippen MR) is 91.3 cm³/mol. The van der Waals surface area contributed by atoms with Crippen molar-refractivity contribution in [2.24, 2.45) is 0 Å². The number of benzene rings is 2. The molecule has 108 valence electrons. The number of ketones is 2. The lowest BCUT2D eigenvalue weighted by molar-refractivity contribution is -0.130. The van der Waals surface area contributed by atoms with E-state index in [9.17, 15) is 9.59 Å². The summed E-state index contributed by atoms with van der Waals surface area (Å²) in [5, 5.41) is 0.241. The van der Waals surface area contributed by atoms with E-state index in [2.05, 4.69) is 31.9 Å². The van der Waals surface area contributed by atoms with Gasteiger partial charge in [-0.15, -0.1) is 0 Å². The summed E-state index contributed by atoms with van der Waals surface area (Å²) in [5.74, 6) is -0.325. The number of halogens is 2. The van der Waals surface area contributed by atoms with Gasteiger partial charge in [0, 0.05) is 0 Å². The molecule has 0 spiro atoms. The van der Waals surface area contributed by atoms with Gasteiger partial charge in [0.15, 0.2) is 11.6 Å². The van der Waals surface area contributed by atoms with Crippen LogP contribution in [0.4, 0.5) is 0 Å². The van der Waals surface area contributed by atoms with Gasteiger partial charge in [-0.1, -0.05) is 92.5 Å². The molecule has 0 radical (unpaired) electrons. The fourth-order valence-corrected chi connectivity index (χ4v) is 3.38. The van der Waals surface area contributed by atoms with Crippen LogP contribution in [0.15, 0.2) is 60.7 Å². The molecule has 0 aromatic heterocycles. The Hall–Kier alpha value is -1.26. The van der Waals surface area contributed by atoms with Crippen molar-refractivity contribution in [2.75, 3.05) is 10.7 Å². The lowest BCUT2D eigenvalue weighted by Gasteiger charge is -2.31. The third-order valence-corrected chi connectivity index (χ3v) is 4.51. The minimum Gasteiger partial charge on any atom is -0.297 e. The molecule has 21 heavy (non-hydrogen) atoms. The zero-order valence-electron chi connectivity index (χ0n) is 11.3. The standard InChI is InChI=1S/C17H14Br2O2/c18-11-15(20)17(16(21)12-19,13-7-3-1-4-8-13)14-9-5-2-6-10-14/h1-10H,11-12H2. The number of carbonyl (C=O) groups is 2. The molecule has 2 nitrogen and oxygen atoms in total. The Morgan fingerprint density at radius 3 is 1.33 bits per heavy atom. The predicted octanol–water partition coefficient (Wildman–Crippen LogP) is 3.90. The van der Waals surface area contributed by atoms with Crippen molar-refractivity contribution in [3.63, 3.8) is 0 Å². The highest BCUT2D eigenvalue weighted by atomic mass is 79.9. The minimum absolute atomic E-state index is 0.121. The quantitative estimate of drug-likeness (QED) is 0.535. The Kier molecular flexibility index (Phi) is 5.48. The molecular weight excluding hydrogens is 396 g/mol. The van der Waals surface area contributed by atoms with Crippen LogP contribution in [0.1, 0.15) is 11.1 Å². The van der Waals surface area contributed by atoms with Crippen molar-refractivity contribution in [3.8, 4) is 0 Å². The Morgan fingerprint density at radius 2 is 1.05 bits per heavy atom. The molecule has 2 rings (SSSR count). The first-order chi connectivity index (χ1) is 10.2. The molecule has 0 aliphatic rings. The Balaban J connectivity index is 2.78. The van der Waals surface area contributed by atoms with E-state index in [0.29, 0.717) is 11.1 Å². The molecule has 0 N–H and O–H groups in total. The van der Waals surface area contributed by atoms with Gasteiger partial charge < -0.3 is 0 Å². The van der Waals surface area contributed by atoms with Gasteiger partial charge >= 0.3 is 0 Å². The molecular formula is C17H14Br2O2. The highest BCUT2D eigenvalue weighted by molar-refractivity contribution is 9.09. The van der Waals surface area contributed by atoms with Crippen molar-refractivity contribution in [3.05, 3.63) is 71.8 Å². The van der Waals surface area contributed by atoms with Crippen LogP contribution < -0.4 is 0 Å². The SMILES string of the molecule is O=C(CBr)C(C(=O)CBr)(c1ccccc1)c1ccccc1. The number of Topliss-reactive ketones (excluding diaryl/α,β-unsaturated/α-hetero) is 2. The van der Waals surface area contributed by atoms with Crippen LogP contribution in [0.25, 0.3) is 0 Å². The number of alkyl halides is 2. The largest absolute Gasteiger partial charge is 0.297 e. The van der Waals surface area contributed by atoms with Crippen molar-refractivity contribution in [2.45, 2.75) is 5.41 Å². The van der Waals surface area contributed by atoms with E-state index in [1.54, 1.807) is 0 Å². The molecule has 0 atom stereocenters. The van der Waals surface area contributed by atoms with Gasteiger partial charge in [0.25, 0.3) is 0 Å². The molecule has 2 aromatic carbocycles. The van der Waals surface area contributed by atoms with E-state index in [1.165, 1.54) is 0 Å². The van der Waals surface area contributed by atoms with Crippen LogP contribution in [-0.2, 0) is 15.0 Å². The highest BCUT2D eigenvalue weighted by Gasteiger charge is 2.46. The molecule has 0 bridgehead atoms. The van der Waals surface area contributed by atoms with Crippen LogP contribution in [0.2, 0.25) is 0 Å². The molecule has 0 heterocycles. The third kappa shape index (κ3) is 2.87. The Morgan fingerprint density at radius 1 is 0.714 bits per heavy atom. The van der Waals surface area contributed by atoms with E-state index in [4.69, 9.17) is 0 Å². The van der Waals surface area contributed by atoms with Gasteiger partial charge in [0.1, 0.15) is 5.41 Å². The lowest BCUT2D eigenvalue weighted by atomic mass is 9.69. The first-order valence-corrected chi connectivity index (χ1v) is 8.71. The molecule has 4 heteroatoms. The zero-order chi connectivity index (χ0) is 15.3. The fraction of sp³-hybridized carbons (Fsp3) is 0.176. The lowest BCUT2D eigenvalue weighted by Crippen LogP contribution is -2.46. The monoisotopic (exact) mass is 408 g/mol. The number of hydrogen-bond donors (Lipinski definition) is 0.